The van der Waals surface area contributed by atoms with E-state index >= 15 is 0 Å². The van der Waals surface area contributed by atoms with Gasteiger partial charge in [0, 0.05) is 19.0 Å². The Hall–Kier alpha value is -0.570. The quantitative estimate of drug-likeness (QED) is 0.826. The van der Waals surface area contributed by atoms with Crippen molar-refractivity contribution in [3.05, 3.63) is 0 Å². The number of hydrogen-bond donors (Lipinski definition) is 1. The van der Waals surface area contributed by atoms with Crippen molar-refractivity contribution in [1.29, 1.82) is 0 Å². The summed E-state index contributed by atoms with van der Waals surface area (Å²) < 4.78 is 0. The Morgan fingerprint density at radius 2 is 1.83 bits per heavy atom. The van der Waals surface area contributed by atoms with Crippen LogP contribution in [-0.2, 0) is 4.79 Å². The lowest BCUT2D eigenvalue weighted by atomic mass is 9.94. The fourth-order valence-corrected chi connectivity index (χ4v) is 3.88. The Balaban J connectivity index is 1.43. The summed E-state index contributed by atoms with van der Waals surface area (Å²) in [5.74, 6) is 3.49. The predicted octanol–water partition coefficient (Wildman–Crippen LogP) is 1.88. The van der Waals surface area contributed by atoms with Crippen molar-refractivity contribution in [3.63, 3.8) is 0 Å². The zero-order valence-electron chi connectivity index (χ0n) is 11.5. The van der Waals surface area contributed by atoms with Crippen LogP contribution in [0.25, 0.3) is 0 Å². The maximum Gasteiger partial charge on any atom is 0.225 e. The molecular formula is C15H26N2O. The highest BCUT2D eigenvalue weighted by Crippen LogP contribution is 2.54. The van der Waals surface area contributed by atoms with E-state index in [4.69, 9.17) is 0 Å². The van der Waals surface area contributed by atoms with Crippen LogP contribution in [-0.4, -0.2) is 37.0 Å². The largest absolute Gasteiger partial charge is 0.342 e. The molecule has 0 bridgehead atoms. The van der Waals surface area contributed by atoms with Gasteiger partial charge in [0.2, 0.25) is 5.91 Å². The molecule has 1 N–H and O–H groups in total. The van der Waals surface area contributed by atoms with Gasteiger partial charge in [0.15, 0.2) is 0 Å². The maximum atomic E-state index is 12.4. The summed E-state index contributed by atoms with van der Waals surface area (Å²) in [7, 11) is 0. The fourth-order valence-electron chi connectivity index (χ4n) is 3.88. The normalized spacial score (nSPS) is 35.6. The van der Waals surface area contributed by atoms with Gasteiger partial charge in [-0.1, -0.05) is 6.92 Å². The first-order valence-corrected chi connectivity index (χ1v) is 7.77. The first-order valence-electron chi connectivity index (χ1n) is 7.77. The molecule has 3 nitrogen and oxygen atoms in total. The molecule has 3 heteroatoms. The summed E-state index contributed by atoms with van der Waals surface area (Å²) in [6.45, 7) is 6.35. The van der Waals surface area contributed by atoms with Crippen LogP contribution in [0.2, 0.25) is 0 Å². The molecule has 1 aliphatic heterocycles. The first kappa shape index (κ1) is 12.5. The van der Waals surface area contributed by atoms with Crippen LogP contribution >= 0.6 is 0 Å². The van der Waals surface area contributed by atoms with E-state index in [0.29, 0.717) is 11.8 Å². The summed E-state index contributed by atoms with van der Waals surface area (Å²) in [5, 5.41) is 3.43. The van der Waals surface area contributed by atoms with Crippen molar-refractivity contribution < 1.29 is 4.79 Å². The Morgan fingerprint density at radius 1 is 1.17 bits per heavy atom. The summed E-state index contributed by atoms with van der Waals surface area (Å²) in [6, 6.07) is 0. The zero-order valence-corrected chi connectivity index (χ0v) is 11.5. The van der Waals surface area contributed by atoms with E-state index < -0.39 is 0 Å². The van der Waals surface area contributed by atoms with Crippen molar-refractivity contribution >= 4 is 5.91 Å². The Kier molecular flexibility index (Phi) is 3.60. The Labute approximate surface area is 110 Å². The minimum absolute atomic E-state index is 0.388. The van der Waals surface area contributed by atoms with Crippen LogP contribution in [0.15, 0.2) is 0 Å². The molecule has 0 aromatic carbocycles. The lowest BCUT2D eigenvalue weighted by Gasteiger charge is -2.34. The second kappa shape index (κ2) is 5.20. The Bertz CT molecular complexity index is 300. The maximum absolute atomic E-state index is 12.4. The van der Waals surface area contributed by atoms with E-state index in [1.807, 2.05) is 0 Å². The third-order valence-electron chi connectivity index (χ3n) is 5.20. The van der Waals surface area contributed by atoms with Gasteiger partial charge in [-0.05, 0) is 62.9 Å². The monoisotopic (exact) mass is 250 g/mol. The molecule has 2 aliphatic carbocycles. The van der Waals surface area contributed by atoms with Crippen molar-refractivity contribution in [2.45, 2.75) is 39.0 Å². The highest BCUT2D eigenvalue weighted by Gasteiger charge is 2.48. The molecule has 1 amide bonds. The third-order valence-corrected chi connectivity index (χ3v) is 5.20. The van der Waals surface area contributed by atoms with E-state index in [-0.39, 0.29) is 0 Å². The lowest BCUT2D eigenvalue weighted by molar-refractivity contribution is -0.137. The molecule has 0 radical (unpaired) electrons. The van der Waals surface area contributed by atoms with Gasteiger partial charge in [-0.25, -0.2) is 0 Å². The second-order valence-corrected chi connectivity index (χ2v) is 6.50. The molecule has 2 saturated carbocycles. The summed E-state index contributed by atoms with van der Waals surface area (Å²) >= 11 is 0. The Morgan fingerprint density at radius 3 is 2.44 bits per heavy atom. The highest BCUT2D eigenvalue weighted by atomic mass is 16.2. The molecule has 18 heavy (non-hydrogen) atoms. The van der Waals surface area contributed by atoms with Gasteiger partial charge in [-0.3, -0.25) is 4.79 Å². The van der Waals surface area contributed by atoms with Gasteiger partial charge in [0.1, 0.15) is 0 Å². The minimum atomic E-state index is 0.388. The predicted molar refractivity (Wildman–Crippen MR) is 72.2 cm³/mol. The highest BCUT2D eigenvalue weighted by molar-refractivity contribution is 5.79. The molecule has 1 saturated heterocycles. The second-order valence-electron chi connectivity index (χ2n) is 6.50. The summed E-state index contributed by atoms with van der Waals surface area (Å²) in [4.78, 5) is 14.5. The number of piperidine rings is 1. The molecule has 2 atom stereocenters. The number of carbonyl (C=O) groups excluding carboxylic acids is 1. The van der Waals surface area contributed by atoms with E-state index in [9.17, 15) is 4.79 Å². The number of amides is 1. The average Bonchev–Trinajstić information content (AvgIpc) is 3.03. The zero-order chi connectivity index (χ0) is 12.5. The minimum Gasteiger partial charge on any atom is -0.342 e. The summed E-state index contributed by atoms with van der Waals surface area (Å²) in [6.07, 6.45) is 6.19. The molecule has 3 fully saturated rings. The van der Waals surface area contributed by atoms with Crippen molar-refractivity contribution in [1.82, 2.24) is 10.2 Å². The standard InChI is InChI=1S/C15H26N2O/c1-2-16-10-11-3-5-17(6-4-11)15(18)14-8-12-7-13(12)9-14/h11-14,16H,2-10H2,1H3. The van der Waals surface area contributed by atoms with Crippen LogP contribution in [0.1, 0.15) is 39.0 Å². The van der Waals surface area contributed by atoms with Crippen LogP contribution in [0.3, 0.4) is 0 Å². The van der Waals surface area contributed by atoms with Crippen LogP contribution < -0.4 is 5.32 Å². The van der Waals surface area contributed by atoms with Crippen molar-refractivity contribution in [3.8, 4) is 0 Å². The van der Waals surface area contributed by atoms with Crippen LogP contribution in [0, 0.1) is 23.7 Å². The van der Waals surface area contributed by atoms with E-state index in [1.54, 1.807) is 0 Å². The van der Waals surface area contributed by atoms with Gasteiger partial charge in [-0.15, -0.1) is 0 Å². The van der Waals surface area contributed by atoms with E-state index in [0.717, 1.165) is 43.9 Å². The van der Waals surface area contributed by atoms with Crippen LogP contribution in [0.4, 0.5) is 0 Å². The summed E-state index contributed by atoms with van der Waals surface area (Å²) in [5.41, 5.74) is 0. The smallest absolute Gasteiger partial charge is 0.225 e. The third kappa shape index (κ3) is 2.56. The molecule has 3 aliphatic rings. The number of hydrogen-bond acceptors (Lipinski definition) is 2. The van der Waals surface area contributed by atoms with E-state index in [1.165, 1.54) is 32.1 Å². The molecule has 2 unspecified atom stereocenters. The average molecular weight is 250 g/mol. The number of carbonyl (C=O) groups is 1. The number of fused-ring (bicyclic) bond motifs is 1. The van der Waals surface area contributed by atoms with Crippen molar-refractivity contribution in [2.75, 3.05) is 26.2 Å². The number of nitrogens with zero attached hydrogens (tertiary/aromatic N) is 1. The van der Waals surface area contributed by atoms with Crippen LogP contribution in [0.5, 0.6) is 0 Å². The molecule has 0 aromatic rings. The number of likely N-dealkylation sites (tertiary alicyclic amines) is 1. The van der Waals surface area contributed by atoms with Gasteiger partial charge >= 0.3 is 0 Å². The fraction of sp³-hybridized carbons (Fsp3) is 0.933. The SMILES string of the molecule is CCNCC1CCN(C(=O)C2CC3CC3C2)CC1. The lowest BCUT2D eigenvalue weighted by Crippen LogP contribution is -2.43. The molecule has 0 aromatic heterocycles. The van der Waals surface area contributed by atoms with Gasteiger partial charge in [0.05, 0.1) is 0 Å². The van der Waals surface area contributed by atoms with E-state index in [2.05, 4.69) is 17.1 Å². The topological polar surface area (TPSA) is 32.3 Å². The molecule has 3 rings (SSSR count). The van der Waals surface area contributed by atoms with Gasteiger partial charge in [0.25, 0.3) is 0 Å². The molecule has 0 spiro atoms. The first-order chi connectivity index (χ1) is 8.78. The molecular weight excluding hydrogens is 224 g/mol. The number of rotatable bonds is 4. The van der Waals surface area contributed by atoms with Gasteiger partial charge < -0.3 is 10.2 Å². The number of nitrogens with one attached hydrogen (secondary N) is 1. The molecule has 102 valence electrons. The molecule has 1 heterocycles. The van der Waals surface area contributed by atoms with Crippen molar-refractivity contribution in [2.24, 2.45) is 23.7 Å². The van der Waals surface area contributed by atoms with Gasteiger partial charge in [-0.2, -0.15) is 0 Å².